The van der Waals surface area contributed by atoms with Gasteiger partial charge in [0.15, 0.2) is 0 Å². The molecule has 3 rings (SSSR count). The maximum Gasteiger partial charge on any atom is 0.264 e. The molecule has 29 heavy (non-hydrogen) atoms. The van der Waals surface area contributed by atoms with Crippen LogP contribution in [0.3, 0.4) is 0 Å². The Bertz CT molecular complexity index is 651. The van der Waals surface area contributed by atoms with Crippen molar-refractivity contribution >= 4 is 23.2 Å². The van der Waals surface area contributed by atoms with E-state index in [0.717, 1.165) is 43.9 Å². The SMILES string of the molecule is CC(O)CN1CCC(CN(C)CC(=O)N2CCN(C(=O)c3cccs3)CC2)CC1. The molecule has 2 saturated heterocycles. The lowest BCUT2D eigenvalue weighted by Crippen LogP contribution is -2.52. The zero-order chi connectivity index (χ0) is 20.8. The van der Waals surface area contributed by atoms with Crippen molar-refractivity contribution in [3.8, 4) is 0 Å². The van der Waals surface area contributed by atoms with E-state index >= 15 is 0 Å². The van der Waals surface area contributed by atoms with E-state index < -0.39 is 0 Å². The van der Waals surface area contributed by atoms with Crippen LogP contribution in [0.2, 0.25) is 0 Å². The van der Waals surface area contributed by atoms with Crippen molar-refractivity contribution in [1.82, 2.24) is 19.6 Å². The summed E-state index contributed by atoms with van der Waals surface area (Å²) in [7, 11) is 2.02. The van der Waals surface area contributed by atoms with E-state index in [1.165, 1.54) is 11.3 Å². The lowest BCUT2D eigenvalue weighted by atomic mass is 9.96. The molecule has 3 heterocycles. The molecule has 0 spiro atoms. The van der Waals surface area contributed by atoms with E-state index in [-0.39, 0.29) is 17.9 Å². The molecule has 0 bridgehead atoms. The number of piperidine rings is 1. The number of likely N-dealkylation sites (tertiary alicyclic amines) is 1. The van der Waals surface area contributed by atoms with Gasteiger partial charge in [0.1, 0.15) is 0 Å². The van der Waals surface area contributed by atoms with Crippen LogP contribution in [0.15, 0.2) is 17.5 Å². The Morgan fingerprint density at radius 2 is 1.83 bits per heavy atom. The van der Waals surface area contributed by atoms with Crippen molar-refractivity contribution in [3.05, 3.63) is 22.4 Å². The van der Waals surface area contributed by atoms with Gasteiger partial charge in [-0.2, -0.15) is 0 Å². The highest BCUT2D eigenvalue weighted by atomic mass is 32.1. The number of aliphatic hydroxyl groups is 1. The van der Waals surface area contributed by atoms with E-state index in [1.807, 2.05) is 41.3 Å². The van der Waals surface area contributed by atoms with Crippen molar-refractivity contribution in [1.29, 1.82) is 0 Å². The van der Waals surface area contributed by atoms with Gasteiger partial charge in [0.2, 0.25) is 5.91 Å². The third kappa shape index (κ3) is 6.50. The van der Waals surface area contributed by atoms with Crippen molar-refractivity contribution in [3.63, 3.8) is 0 Å². The first-order valence-corrected chi connectivity index (χ1v) is 11.5. The average Bonchev–Trinajstić information content (AvgIpc) is 3.23. The molecule has 2 amide bonds. The fourth-order valence-corrected chi connectivity index (χ4v) is 4.97. The summed E-state index contributed by atoms with van der Waals surface area (Å²) in [6.45, 7) is 8.45. The van der Waals surface area contributed by atoms with Crippen LogP contribution in [0.5, 0.6) is 0 Å². The molecule has 1 unspecified atom stereocenters. The van der Waals surface area contributed by atoms with Crippen molar-refractivity contribution < 1.29 is 14.7 Å². The van der Waals surface area contributed by atoms with Crippen LogP contribution >= 0.6 is 11.3 Å². The highest BCUT2D eigenvalue weighted by Gasteiger charge is 2.27. The average molecular weight is 423 g/mol. The summed E-state index contributed by atoms with van der Waals surface area (Å²) in [6.07, 6.45) is 1.97. The number of piperazine rings is 1. The number of carbonyl (C=O) groups is 2. The minimum absolute atomic E-state index is 0.0751. The molecule has 2 aliphatic heterocycles. The normalized spacial score (nSPS) is 20.3. The highest BCUT2D eigenvalue weighted by Crippen LogP contribution is 2.18. The van der Waals surface area contributed by atoms with Crippen LogP contribution < -0.4 is 0 Å². The summed E-state index contributed by atoms with van der Waals surface area (Å²) >= 11 is 1.47. The molecule has 8 heteroatoms. The largest absolute Gasteiger partial charge is 0.392 e. The number of rotatable bonds is 7. The van der Waals surface area contributed by atoms with Gasteiger partial charge in [0.25, 0.3) is 5.91 Å². The molecule has 1 aromatic rings. The summed E-state index contributed by atoms with van der Waals surface area (Å²) < 4.78 is 0. The van der Waals surface area contributed by atoms with Gasteiger partial charge in [0.05, 0.1) is 17.5 Å². The Kier molecular flexibility index (Phi) is 8.06. The van der Waals surface area contributed by atoms with E-state index in [1.54, 1.807) is 0 Å². The standard InChI is InChI=1S/C21H34N4O3S/c1-17(26)14-23-7-5-18(6-8-23)15-22(2)16-20(27)24-9-11-25(12-10-24)21(28)19-4-3-13-29-19/h3-4,13,17-18,26H,5-12,14-16H2,1-2H3. The van der Waals surface area contributed by atoms with Gasteiger partial charge in [-0.25, -0.2) is 0 Å². The minimum Gasteiger partial charge on any atom is -0.392 e. The fraction of sp³-hybridized carbons (Fsp3) is 0.714. The first-order chi connectivity index (χ1) is 13.9. The van der Waals surface area contributed by atoms with Gasteiger partial charge in [-0.15, -0.1) is 11.3 Å². The topological polar surface area (TPSA) is 67.3 Å². The van der Waals surface area contributed by atoms with Gasteiger partial charge in [-0.1, -0.05) is 6.07 Å². The molecule has 0 radical (unpaired) electrons. The van der Waals surface area contributed by atoms with E-state index in [4.69, 9.17) is 0 Å². The molecule has 0 aromatic carbocycles. The number of aliphatic hydroxyl groups excluding tert-OH is 1. The second-order valence-electron chi connectivity index (χ2n) is 8.44. The Labute approximate surface area is 177 Å². The molecule has 162 valence electrons. The molecule has 0 aliphatic carbocycles. The number of carbonyl (C=O) groups excluding carboxylic acids is 2. The first-order valence-electron chi connectivity index (χ1n) is 10.6. The summed E-state index contributed by atoms with van der Waals surface area (Å²) in [5.41, 5.74) is 0. The van der Waals surface area contributed by atoms with E-state index in [2.05, 4.69) is 9.80 Å². The summed E-state index contributed by atoms with van der Waals surface area (Å²) in [5.74, 6) is 0.840. The van der Waals surface area contributed by atoms with Crippen LogP contribution in [-0.2, 0) is 4.79 Å². The summed E-state index contributed by atoms with van der Waals surface area (Å²) in [4.78, 5) is 34.1. The lowest BCUT2D eigenvalue weighted by molar-refractivity contribution is -0.133. The van der Waals surface area contributed by atoms with Crippen LogP contribution in [-0.4, -0.2) is 109 Å². The Hall–Kier alpha value is -1.48. The van der Waals surface area contributed by atoms with Crippen LogP contribution in [0.25, 0.3) is 0 Å². The van der Waals surface area contributed by atoms with Gasteiger partial charge in [-0.05, 0) is 57.3 Å². The third-order valence-electron chi connectivity index (χ3n) is 5.86. The maximum absolute atomic E-state index is 12.7. The van der Waals surface area contributed by atoms with Crippen LogP contribution in [0.1, 0.15) is 29.4 Å². The predicted octanol–water partition coefficient (Wildman–Crippen LogP) is 1.06. The maximum atomic E-state index is 12.7. The van der Waals surface area contributed by atoms with E-state index in [0.29, 0.717) is 38.6 Å². The molecule has 7 nitrogen and oxygen atoms in total. The molecule has 2 aliphatic rings. The smallest absolute Gasteiger partial charge is 0.264 e. The predicted molar refractivity (Wildman–Crippen MR) is 115 cm³/mol. The Morgan fingerprint density at radius 1 is 1.17 bits per heavy atom. The quantitative estimate of drug-likeness (QED) is 0.712. The zero-order valence-corrected chi connectivity index (χ0v) is 18.4. The number of likely N-dealkylation sites (N-methyl/N-ethyl adjacent to an activating group) is 1. The number of hydrogen-bond donors (Lipinski definition) is 1. The Morgan fingerprint density at radius 3 is 2.41 bits per heavy atom. The molecule has 1 N–H and O–H groups in total. The van der Waals surface area contributed by atoms with Gasteiger partial charge < -0.3 is 19.8 Å². The molecule has 0 saturated carbocycles. The van der Waals surface area contributed by atoms with Crippen molar-refractivity contribution in [2.24, 2.45) is 5.92 Å². The second-order valence-corrected chi connectivity index (χ2v) is 9.39. The third-order valence-corrected chi connectivity index (χ3v) is 6.71. The highest BCUT2D eigenvalue weighted by molar-refractivity contribution is 7.12. The fourth-order valence-electron chi connectivity index (χ4n) is 4.28. The van der Waals surface area contributed by atoms with E-state index in [9.17, 15) is 14.7 Å². The number of nitrogens with zero attached hydrogens (tertiary/aromatic N) is 4. The molecule has 1 aromatic heterocycles. The first kappa shape index (κ1) is 22.2. The molecule has 1 atom stereocenters. The monoisotopic (exact) mass is 422 g/mol. The van der Waals surface area contributed by atoms with Gasteiger partial charge in [0, 0.05) is 39.3 Å². The number of β-amino-alcohol motifs (C(OH)–C–C–N with tert-alkyl or cyclic N) is 1. The number of hydrogen-bond acceptors (Lipinski definition) is 6. The zero-order valence-electron chi connectivity index (χ0n) is 17.6. The molecule has 2 fully saturated rings. The molecular weight excluding hydrogens is 388 g/mol. The summed E-state index contributed by atoms with van der Waals surface area (Å²) in [5, 5.41) is 11.4. The lowest BCUT2D eigenvalue weighted by Gasteiger charge is -2.36. The second kappa shape index (κ2) is 10.5. The minimum atomic E-state index is -0.270. The summed E-state index contributed by atoms with van der Waals surface area (Å²) in [6, 6.07) is 3.75. The molecular formula is C21H34N4O3S. The van der Waals surface area contributed by atoms with Crippen LogP contribution in [0, 0.1) is 5.92 Å². The number of amides is 2. The van der Waals surface area contributed by atoms with Crippen molar-refractivity contribution in [2.45, 2.75) is 25.9 Å². The van der Waals surface area contributed by atoms with Gasteiger partial charge in [-0.3, -0.25) is 14.5 Å². The Balaban J connectivity index is 1.36. The number of thiophene rings is 1. The van der Waals surface area contributed by atoms with Crippen molar-refractivity contribution in [2.75, 3.05) is 66.0 Å². The van der Waals surface area contributed by atoms with Gasteiger partial charge >= 0.3 is 0 Å². The van der Waals surface area contributed by atoms with Crippen LogP contribution in [0.4, 0.5) is 0 Å².